The number of carbonyl (C=O) groups excluding carboxylic acids is 1. The van der Waals surface area contributed by atoms with Crippen molar-refractivity contribution in [2.24, 2.45) is 0 Å². The van der Waals surface area contributed by atoms with Crippen molar-refractivity contribution in [2.75, 3.05) is 6.54 Å². The summed E-state index contributed by atoms with van der Waals surface area (Å²) in [5.41, 5.74) is 2.96. The average Bonchev–Trinajstić information content (AvgIpc) is 3.08. The van der Waals surface area contributed by atoms with Gasteiger partial charge in [0.1, 0.15) is 11.6 Å². The quantitative estimate of drug-likeness (QED) is 0.737. The van der Waals surface area contributed by atoms with Crippen LogP contribution in [-0.2, 0) is 9.53 Å². The standard InChI is InChI=1S/C23H27NO2/c1-23(2,3)26-22(25)21-15-10-16-24(21)17-20(18-11-6-4-7-12-18)19-13-8-5-9-14-19/h4-9,11-14,17,21H,10,15-16H2,1-3H3/t21-/m0/s1. The summed E-state index contributed by atoms with van der Waals surface area (Å²) in [6.45, 7) is 6.62. The molecule has 3 nitrogen and oxygen atoms in total. The van der Waals surface area contributed by atoms with Crippen LogP contribution in [0.2, 0.25) is 0 Å². The van der Waals surface area contributed by atoms with Crippen molar-refractivity contribution in [3.05, 3.63) is 78.0 Å². The van der Waals surface area contributed by atoms with Crippen LogP contribution in [0.15, 0.2) is 66.9 Å². The Labute approximate surface area is 156 Å². The molecule has 1 aliphatic rings. The number of benzene rings is 2. The van der Waals surface area contributed by atoms with Gasteiger partial charge in [0.25, 0.3) is 0 Å². The van der Waals surface area contributed by atoms with Crippen LogP contribution in [0, 0.1) is 0 Å². The van der Waals surface area contributed by atoms with E-state index in [1.807, 2.05) is 57.2 Å². The fourth-order valence-corrected chi connectivity index (χ4v) is 3.28. The van der Waals surface area contributed by atoms with Gasteiger partial charge in [0.2, 0.25) is 0 Å². The minimum absolute atomic E-state index is 0.133. The second kappa shape index (κ2) is 7.77. The molecule has 2 aromatic carbocycles. The highest BCUT2D eigenvalue weighted by molar-refractivity contribution is 5.81. The Morgan fingerprint density at radius 1 is 1.00 bits per heavy atom. The van der Waals surface area contributed by atoms with Gasteiger partial charge in [-0.2, -0.15) is 0 Å². The molecular weight excluding hydrogens is 322 g/mol. The number of esters is 1. The number of hydrogen-bond acceptors (Lipinski definition) is 3. The topological polar surface area (TPSA) is 29.5 Å². The molecule has 1 saturated heterocycles. The monoisotopic (exact) mass is 349 g/mol. The molecule has 0 N–H and O–H groups in total. The molecule has 0 radical (unpaired) electrons. The van der Waals surface area contributed by atoms with Gasteiger partial charge in [-0.05, 0) is 44.7 Å². The summed E-state index contributed by atoms with van der Waals surface area (Å²) in [6, 6.07) is 20.4. The van der Waals surface area contributed by atoms with Crippen LogP contribution in [0.5, 0.6) is 0 Å². The molecule has 0 saturated carbocycles. The molecule has 0 aromatic heterocycles. The van der Waals surface area contributed by atoms with Crippen molar-refractivity contribution in [3.8, 4) is 0 Å². The minimum Gasteiger partial charge on any atom is -0.458 e. The SMILES string of the molecule is CC(C)(C)OC(=O)[C@@H]1CCCN1C=C(c1ccccc1)c1ccccc1. The van der Waals surface area contributed by atoms with Crippen LogP contribution in [0.3, 0.4) is 0 Å². The Hall–Kier alpha value is -2.55. The number of hydrogen-bond donors (Lipinski definition) is 0. The molecule has 1 atom stereocenters. The van der Waals surface area contributed by atoms with Gasteiger partial charge in [0.05, 0.1) is 0 Å². The first kappa shape index (κ1) is 18.2. The summed E-state index contributed by atoms with van der Waals surface area (Å²) in [6.07, 6.45) is 3.96. The first-order valence-corrected chi connectivity index (χ1v) is 9.25. The largest absolute Gasteiger partial charge is 0.458 e. The van der Waals surface area contributed by atoms with E-state index in [9.17, 15) is 4.79 Å². The van der Waals surface area contributed by atoms with Crippen LogP contribution in [0.4, 0.5) is 0 Å². The van der Waals surface area contributed by atoms with Crippen molar-refractivity contribution in [3.63, 3.8) is 0 Å². The zero-order valence-corrected chi connectivity index (χ0v) is 15.8. The van der Waals surface area contributed by atoms with Crippen molar-refractivity contribution in [1.29, 1.82) is 0 Å². The van der Waals surface area contributed by atoms with Crippen LogP contribution < -0.4 is 0 Å². The van der Waals surface area contributed by atoms with Gasteiger partial charge < -0.3 is 9.64 Å². The molecule has 1 aliphatic heterocycles. The highest BCUT2D eigenvalue weighted by atomic mass is 16.6. The maximum Gasteiger partial charge on any atom is 0.329 e. The molecule has 0 unspecified atom stereocenters. The smallest absolute Gasteiger partial charge is 0.329 e. The highest BCUT2D eigenvalue weighted by Gasteiger charge is 2.33. The van der Waals surface area contributed by atoms with E-state index in [2.05, 4.69) is 35.4 Å². The summed E-state index contributed by atoms with van der Waals surface area (Å²) >= 11 is 0. The van der Waals surface area contributed by atoms with Crippen LogP contribution in [0.25, 0.3) is 5.57 Å². The third-order valence-electron chi connectivity index (χ3n) is 4.44. The number of likely N-dealkylation sites (tertiary alicyclic amines) is 1. The molecule has 0 amide bonds. The Morgan fingerprint density at radius 2 is 1.54 bits per heavy atom. The fraction of sp³-hybridized carbons (Fsp3) is 0.348. The van der Waals surface area contributed by atoms with E-state index in [-0.39, 0.29) is 12.0 Å². The summed E-state index contributed by atoms with van der Waals surface area (Å²) in [4.78, 5) is 14.8. The van der Waals surface area contributed by atoms with Crippen molar-refractivity contribution in [1.82, 2.24) is 4.90 Å². The summed E-state index contributed by atoms with van der Waals surface area (Å²) in [5, 5.41) is 0. The molecule has 136 valence electrons. The molecule has 2 aromatic rings. The van der Waals surface area contributed by atoms with Gasteiger partial charge in [-0.25, -0.2) is 4.79 Å². The molecule has 0 spiro atoms. The molecule has 1 heterocycles. The van der Waals surface area contributed by atoms with Crippen molar-refractivity contribution < 1.29 is 9.53 Å². The molecule has 3 heteroatoms. The first-order chi connectivity index (χ1) is 12.4. The van der Waals surface area contributed by atoms with E-state index >= 15 is 0 Å². The highest BCUT2D eigenvalue weighted by Crippen LogP contribution is 2.28. The van der Waals surface area contributed by atoms with E-state index in [1.54, 1.807) is 0 Å². The summed E-state index contributed by atoms with van der Waals surface area (Å²) in [7, 11) is 0. The Kier molecular flexibility index (Phi) is 5.46. The summed E-state index contributed by atoms with van der Waals surface area (Å²) in [5.74, 6) is -0.133. The van der Waals surface area contributed by atoms with Crippen LogP contribution in [0.1, 0.15) is 44.7 Å². The van der Waals surface area contributed by atoms with E-state index in [0.717, 1.165) is 36.1 Å². The second-order valence-corrected chi connectivity index (χ2v) is 7.70. The zero-order valence-electron chi connectivity index (χ0n) is 15.8. The molecule has 0 aliphatic carbocycles. The van der Waals surface area contributed by atoms with E-state index in [0.29, 0.717) is 0 Å². The molecule has 1 fully saturated rings. The van der Waals surface area contributed by atoms with Gasteiger partial charge in [0.15, 0.2) is 0 Å². The molecule has 0 bridgehead atoms. The number of rotatable bonds is 4. The first-order valence-electron chi connectivity index (χ1n) is 9.25. The molecular formula is C23H27NO2. The maximum atomic E-state index is 12.6. The fourth-order valence-electron chi connectivity index (χ4n) is 3.28. The van der Waals surface area contributed by atoms with Gasteiger partial charge >= 0.3 is 5.97 Å². The van der Waals surface area contributed by atoms with Crippen LogP contribution in [-0.4, -0.2) is 29.1 Å². The normalized spacial score (nSPS) is 17.0. The molecule has 26 heavy (non-hydrogen) atoms. The number of nitrogens with zero attached hydrogens (tertiary/aromatic N) is 1. The third-order valence-corrected chi connectivity index (χ3v) is 4.44. The van der Waals surface area contributed by atoms with Crippen molar-refractivity contribution >= 4 is 11.5 Å². The number of carbonyl (C=O) groups is 1. The lowest BCUT2D eigenvalue weighted by molar-refractivity contribution is -0.159. The van der Waals surface area contributed by atoms with Gasteiger partial charge in [-0.3, -0.25) is 0 Å². The maximum absolute atomic E-state index is 12.6. The second-order valence-electron chi connectivity index (χ2n) is 7.70. The third kappa shape index (κ3) is 4.54. The van der Waals surface area contributed by atoms with E-state index in [1.165, 1.54) is 0 Å². The van der Waals surface area contributed by atoms with Crippen LogP contribution >= 0.6 is 0 Å². The summed E-state index contributed by atoms with van der Waals surface area (Å²) < 4.78 is 5.64. The minimum atomic E-state index is -0.462. The van der Waals surface area contributed by atoms with Gasteiger partial charge in [0, 0.05) is 18.3 Å². The molecule has 3 rings (SSSR count). The van der Waals surface area contributed by atoms with E-state index < -0.39 is 5.60 Å². The van der Waals surface area contributed by atoms with E-state index in [4.69, 9.17) is 4.74 Å². The van der Waals surface area contributed by atoms with Gasteiger partial charge in [-0.1, -0.05) is 60.7 Å². The lowest BCUT2D eigenvalue weighted by Crippen LogP contribution is -2.38. The Morgan fingerprint density at radius 3 is 2.04 bits per heavy atom. The zero-order chi connectivity index (χ0) is 18.6. The lowest BCUT2D eigenvalue weighted by atomic mass is 9.98. The number of ether oxygens (including phenoxy) is 1. The Balaban J connectivity index is 1.93. The van der Waals surface area contributed by atoms with Crippen molar-refractivity contribution in [2.45, 2.75) is 45.3 Å². The predicted octanol–water partition coefficient (Wildman–Crippen LogP) is 4.88. The Bertz CT molecular complexity index is 718. The van der Waals surface area contributed by atoms with Gasteiger partial charge in [-0.15, -0.1) is 0 Å². The lowest BCUT2D eigenvalue weighted by Gasteiger charge is -2.27. The predicted molar refractivity (Wildman–Crippen MR) is 106 cm³/mol. The average molecular weight is 349 g/mol.